The molecule has 0 fully saturated rings. The Balaban J connectivity index is 2.35. The Kier molecular flexibility index (Phi) is 4.93. The van der Waals surface area contributed by atoms with Gasteiger partial charge < -0.3 is 15.8 Å². The quantitative estimate of drug-likeness (QED) is 0.689. The number of ether oxygens (including phenoxy) is 1. The lowest BCUT2D eigenvalue weighted by molar-refractivity contribution is -0.138. The molecule has 0 aliphatic carbocycles. The highest BCUT2D eigenvalue weighted by Gasteiger charge is 2.38. The first-order valence-electron chi connectivity index (χ1n) is 7.83. The van der Waals surface area contributed by atoms with Crippen molar-refractivity contribution in [3.8, 4) is 0 Å². The molecule has 1 aromatic carbocycles. The highest BCUT2D eigenvalue weighted by molar-refractivity contribution is 6.36. The van der Waals surface area contributed by atoms with E-state index in [0.29, 0.717) is 32.4 Å². The van der Waals surface area contributed by atoms with E-state index in [1.165, 1.54) is 0 Å². The number of nitrogen functional groups attached to an aromatic ring is 1. The third-order valence-electron chi connectivity index (χ3n) is 4.07. The number of benzene rings is 1. The maximum absolute atomic E-state index is 12.7. The van der Waals surface area contributed by atoms with E-state index in [1.807, 2.05) is 0 Å². The Bertz CT molecular complexity index is 964. The van der Waals surface area contributed by atoms with Crippen LogP contribution in [0.4, 0.5) is 11.6 Å². The zero-order valence-corrected chi connectivity index (χ0v) is 15.5. The molecule has 0 saturated heterocycles. The molecule has 1 aliphatic rings. The molecule has 9 heteroatoms. The van der Waals surface area contributed by atoms with Gasteiger partial charge >= 0.3 is 11.7 Å². The Morgan fingerprint density at radius 3 is 2.58 bits per heavy atom. The number of carbonyl (C=O) groups is 1. The smallest absolute Gasteiger partial charge is 0.348 e. The van der Waals surface area contributed by atoms with Crippen LogP contribution in [0.3, 0.4) is 0 Å². The van der Waals surface area contributed by atoms with Crippen molar-refractivity contribution in [2.24, 2.45) is 0 Å². The number of allylic oxidation sites excluding steroid dienone is 1. The maximum Gasteiger partial charge on any atom is 0.348 e. The monoisotopic (exact) mass is 394 g/mol. The number of aromatic amines is 1. The van der Waals surface area contributed by atoms with E-state index in [1.54, 1.807) is 32.0 Å². The van der Waals surface area contributed by atoms with Crippen molar-refractivity contribution in [3.63, 3.8) is 0 Å². The molecule has 1 atom stereocenters. The molecule has 2 aromatic rings. The van der Waals surface area contributed by atoms with Gasteiger partial charge in [0.05, 0.1) is 18.1 Å². The molecule has 136 valence electrons. The first kappa shape index (κ1) is 18.3. The van der Waals surface area contributed by atoms with Gasteiger partial charge in [-0.05, 0) is 26.0 Å². The van der Waals surface area contributed by atoms with Crippen molar-refractivity contribution in [2.45, 2.75) is 19.8 Å². The number of fused-ring (bicyclic) bond motifs is 1. The summed E-state index contributed by atoms with van der Waals surface area (Å²) in [5, 5.41) is 3.67. The van der Waals surface area contributed by atoms with Gasteiger partial charge in [0.15, 0.2) is 0 Å². The standard InChI is InChI=1S/C17H16Cl2N4O3/c1-3-26-16(24)10-7(2)21-15-13(14(20)22-17(25)23-15)12(10)11-8(18)5-4-6-9(11)19/h4-6,12H,3H2,1-2H3,(H4,20,21,22,23,25). The van der Waals surface area contributed by atoms with Gasteiger partial charge in [-0.15, -0.1) is 0 Å². The highest BCUT2D eigenvalue weighted by atomic mass is 35.5. The zero-order valence-electron chi connectivity index (χ0n) is 14.0. The summed E-state index contributed by atoms with van der Waals surface area (Å²) in [4.78, 5) is 30.8. The normalized spacial score (nSPS) is 16.1. The molecule has 7 nitrogen and oxygen atoms in total. The average Bonchev–Trinajstić information content (AvgIpc) is 2.53. The lowest BCUT2D eigenvalue weighted by Crippen LogP contribution is -2.29. The van der Waals surface area contributed by atoms with Gasteiger partial charge in [0.1, 0.15) is 11.6 Å². The minimum atomic E-state index is -0.740. The van der Waals surface area contributed by atoms with Crippen LogP contribution >= 0.6 is 23.2 Å². The largest absolute Gasteiger partial charge is 0.463 e. The van der Waals surface area contributed by atoms with Crippen molar-refractivity contribution >= 4 is 40.8 Å². The number of aromatic nitrogens is 2. The molecule has 1 aromatic heterocycles. The number of nitrogens with zero attached hydrogens (tertiary/aromatic N) is 1. The fraction of sp³-hybridized carbons (Fsp3) is 0.235. The lowest BCUT2D eigenvalue weighted by Gasteiger charge is -2.30. The van der Waals surface area contributed by atoms with Crippen molar-refractivity contribution in [1.82, 2.24) is 9.97 Å². The zero-order chi connectivity index (χ0) is 19.0. The van der Waals surface area contributed by atoms with Gasteiger partial charge in [0.2, 0.25) is 0 Å². The topological polar surface area (TPSA) is 110 Å². The van der Waals surface area contributed by atoms with Gasteiger partial charge in [0.25, 0.3) is 0 Å². The first-order valence-corrected chi connectivity index (χ1v) is 8.59. The van der Waals surface area contributed by atoms with E-state index in [9.17, 15) is 9.59 Å². The van der Waals surface area contributed by atoms with Gasteiger partial charge in [-0.25, -0.2) is 9.59 Å². The number of hydrogen-bond acceptors (Lipinski definition) is 6. The molecule has 4 N–H and O–H groups in total. The molecule has 0 bridgehead atoms. The number of nitrogens with two attached hydrogens (primary N) is 1. The number of H-pyrrole nitrogens is 1. The van der Waals surface area contributed by atoms with E-state index >= 15 is 0 Å². The Morgan fingerprint density at radius 2 is 1.96 bits per heavy atom. The van der Waals surface area contributed by atoms with Crippen LogP contribution in [-0.4, -0.2) is 22.5 Å². The molecule has 26 heavy (non-hydrogen) atoms. The van der Waals surface area contributed by atoms with Crippen molar-refractivity contribution in [1.29, 1.82) is 0 Å². The Labute approximate surface area is 159 Å². The van der Waals surface area contributed by atoms with Gasteiger partial charge in [-0.1, -0.05) is 29.3 Å². The lowest BCUT2D eigenvalue weighted by atomic mass is 9.82. The Hall–Kier alpha value is -2.51. The van der Waals surface area contributed by atoms with Crippen LogP contribution in [-0.2, 0) is 9.53 Å². The minimum Gasteiger partial charge on any atom is -0.463 e. The van der Waals surface area contributed by atoms with Crippen LogP contribution in [0.1, 0.15) is 30.9 Å². The Morgan fingerprint density at radius 1 is 1.31 bits per heavy atom. The molecule has 0 radical (unpaired) electrons. The summed E-state index contributed by atoms with van der Waals surface area (Å²) in [7, 11) is 0. The molecule has 1 aliphatic heterocycles. The molecule has 0 spiro atoms. The number of esters is 1. The molecule has 1 unspecified atom stereocenters. The summed E-state index contributed by atoms with van der Waals surface area (Å²) in [6, 6.07) is 5.03. The van der Waals surface area contributed by atoms with Crippen LogP contribution in [0.25, 0.3) is 0 Å². The van der Waals surface area contributed by atoms with Gasteiger partial charge in [-0.3, -0.25) is 4.98 Å². The third kappa shape index (κ3) is 3.04. The van der Waals surface area contributed by atoms with Gasteiger partial charge in [-0.2, -0.15) is 4.98 Å². The summed E-state index contributed by atoms with van der Waals surface area (Å²) in [6.07, 6.45) is 0. The van der Waals surface area contributed by atoms with Crippen LogP contribution in [0, 0.1) is 0 Å². The van der Waals surface area contributed by atoms with Crippen molar-refractivity contribution in [2.75, 3.05) is 17.7 Å². The molecule has 2 heterocycles. The second kappa shape index (κ2) is 7.01. The number of hydrogen-bond donors (Lipinski definition) is 3. The minimum absolute atomic E-state index is 0.0720. The second-order valence-electron chi connectivity index (χ2n) is 5.67. The molecule has 3 rings (SSSR count). The summed E-state index contributed by atoms with van der Waals surface area (Å²) in [6.45, 7) is 3.60. The van der Waals surface area contributed by atoms with Crippen molar-refractivity contribution < 1.29 is 9.53 Å². The van der Waals surface area contributed by atoms with E-state index in [-0.39, 0.29) is 18.2 Å². The molecule has 0 saturated carbocycles. The SMILES string of the molecule is CCOC(=O)C1=C(C)Nc2nc(=O)[nH]c(N)c2C1c1c(Cl)cccc1Cl. The number of rotatable bonds is 3. The number of anilines is 2. The number of carbonyl (C=O) groups excluding carboxylic acids is 1. The predicted octanol–water partition coefficient (Wildman–Crippen LogP) is 3.05. The first-order chi connectivity index (χ1) is 12.3. The number of nitrogens with one attached hydrogen (secondary N) is 2. The fourth-order valence-corrected chi connectivity index (χ4v) is 3.66. The molecular weight excluding hydrogens is 379 g/mol. The van der Waals surface area contributed by atoms with E-state index in [2.05, 4.69) is 15.3 Å². The van der Waals surface area contributed by atoms with Gasteiger partial charge in [0, 0.05) is 26.9 Å². The van der Waals surface area contributed by atoms with Crippen LogP contribution < -0.4 is 16.7 Å². The summed E-state index contributed by atoms with van der Waals surface area (Å²) >= 11 is 12.8. The summed E-state index contributed by atoms with van der Waals surface area (Å²) < 4.78 is 5.21. The fourth-order valence-electron chi connectivity index (χ4n) is 3.05. The maximum atomic E-state index is 12.7. The average molecular weight is 395 g/mol. The third-order valence-corrected chi connectivity index (χ3v) is 4.73. The van der Waals surface area contributed by atoms with E-state index < -0.39 is 17.6 Å². The van der Waals surface area contributed by atoms with E-state index in [4.69, 9.17) is 33.7 Å². The summed E-state index contributed by atoms with van der Waals surface area (Å²) in [5.41, 5.74) is 7.13. The van der Waals surface area contributed by atoms with Crippen LogP contribution in [0.15, 0.2) is 34.3 Å². The second-order valence-corrected chi connectivity index (χ2v) is 6.48. The highest BCUT2D eigenvalue weighted by Crippen LogP contribution is 2.47. The molecular formula is C17H16Cl2N4O3. The summed E-state index contributed by atoms with van der Waals surface area (Å²) in [5.74, 6) is -0.953. The number of halogens is 2. The van der Waals surface area contributed by atoms with Crippen LogP contribution in [0.2, 0.25) is 10.0 Å². The predicted molar refractivity (Wildman–Crippen MR) is 101 cm³/mol. The molecule has 0 amide bonds. The van der Waals surface area contributed by atoms with Crippen LogP contribution in [0.5, 0.6) is 0 Å². The van der Waals surface area contributed by atoms with E-state index in [0.717, 1.165) is 0 Å². The van der Waals surface area contributed by atoms with Crippen molar-refractivity contribution in [3.05, 3.63) is 61.1 Å².